The van der Waals surface area contributed by atoms with Crippen LogP contribution in [0.2, 0.25) is 0 Å². The van der Waals surface area contributed by atoms with E-state index in [0.29, 0.717) is 13.2 Å². The van der Waals surface area contributed by atoms with Crippen LogP contribution < -0.4 is 22.5 Å². The lowest BCUT2D eigenvalue weighted by Gasteiger charge is -2.24. The van der Waals surface area contributed by atoms with Crippen LogP contribution in [0, 0.1) is 0 Å². The van der Waals surface area contributed by atoms with Crippen LogP contribution in [0.25, 0.3) is 0 Å². The third-order valence-corrected chi connectivity index (χ3v) is 6.30. The van der Waals surface area contributed by atoms with E-state index < -0.39 is 35.0 Å². The molecule has 2 aromatic heterocycles. The highest BCUT2D eigenvalue weighted by atomic mass is 79.9. The van der Waals surface area contributed by atoms with Crippen LogP contribution in [0.15, 0.2) is 43.7 Å². The fourth-order valence-electron chi connectivity index (χ4n) is 3.50. The Morgan fingerprint density at radius 1 is 0.744 bits per heavy atom. The van der Waals surface area contributed by atoms with Crippen LogP contribution in [-0.4, -0.2) is 89.0 Å². The second-order valence-electron chi connectivity index (χ2n) is 9.03. The second kappa shape index (κ2) is 25.0. The number of nitrogens with one attached hydrogen (secondary N) is 2. The summed E-state index contributed by atoms with van der Waals surface area (Å²) in [6.07, 6.45) is 4.69. The number of alkyl halides is 1. The van der Waals surface area contributed by atoms with Gasteiger partial charge in [0, 0.05) is 44.1 Å². The van der Waals surface area contributed by atoms with Gasteiger partial charge in [0.2, 0.25) is 0 Å². The molecule has 2 aromatic rings. The number of aromatic amines is 2. The first kappa shape index (κ1) is 40.6. The number of rotatable bonds is 18. The molecule has 43 heavy (non-hydrogen) atoms. The number of aromatic nitrogens is 4. The van der Waals surface area contributed by atoms with Crippen LogP contribution in [0.3, 0.4) is 0 Å². The number of ether oxygens (including phenoxy) is 5. The van der Waals surface area contributed by atoms with Gasteiger partial charge in [-0.15, -0.1) is 0 Å². The molecule has 248 valence electrons. The Balaban J connectivity index is 0.000000720. The average molecular weight is 682 g/mol. The average Bonchev–Trinajstić information content (AvgIpc) is 2.99. The van der Waals surface area contributed by atoms with Crippen LogP contribution >= 0.6 is 15.9 Å². The summed E-state index contributed by atoms with van der Waals surface area (Å²) in [5.74, 6) is 0. The predicted molar refractivity (Wildman–Crippen MR) is 167 cm³/mol. The van der Waals surface area contributed by atoms with Crippen LogP contribution in [-0.2, 0) is 23.7 Å². The fourth-order valence-corrected chi connectivity index (χ4v) is 3.82. The molecule has 2 rings (SSSR count). The van der Waals surface area contributed by atoms with Crippen LogP contribution in [0.4, 0.5) is 0 Å². The van der Waals surface area contributed by atoms with E-state index in [1.165, 1.54) is 33.7 Å². The number of aliphatic hydroxyl groups excluding tert-OH is 1. The molecule has 0 fully saturated rings. The van der Waals surface area contributed by atoms with Gasteiger partial charge < -0.3 is 28.8 Å². The van der Waals surface area contributed by atoms with Crippen molar-refractivity contribution in [3.63, 3.8) is 0 Å². The van der Waals surface area contributed by atoms with Crippen molar-refractivity contribution in [1.82, 2.24) is 19.1 Å². The lowest BCUT2D eigenvalue weighted by atomic mass is 10.2. The van der Waals surface area contributed by atoms with E-state index in [1.54, 1.807) is 14.2 Å². The van der Waals surface area contributed by atoms with Crippen molar-refractivity contribution >= 4 is 15.9 Å². The van der Waals surface area contributed by atoms with Crippen molar-refractivity contribution in [2.24, 2.45) is 0 Å². The van der Waals surface area contributed by atoms with Gasteiger partial charge >= 0.3 is 11.4 Å². The highest BCUT2D eigenvalue weighted by Gasteiger charge is 2.18. The van der Waals surface area contributed by atoms with Gasteiger partial charge in [-0.2, -0.15) is 0 Å². The third kappa shape index (κ3) is 16.9. The lowest BCUT2D eigenvalue weighted by molar-refractivity contribution is -0.103. The zero-order chi connectivity index (χ0) is 32.6. The van der Waals surface area contributed by atoms with Gasteiger partial charge in [-0.05, 0) is 25.7 Å². The van der Waals surface area contributed by atoms with E-state index >= 15 is 0 Å². The maximum Gasteiger partial charge on any atom is 0.330 e. The molecule has 3 N–H and O–H groups in total. The molecule has 0 spiro atoms. The van der Waals surface area contributed by atoms with E-state index in [0.717, 1.165) is 37.6 Å². The highest BCUT2D eigenvalue weighted by Crippen LogP contribution is 2.14. The van der Waals surface area contributed by atoms with E-state index in [2.05, 4.69) is 30.6 Å². The van der Waals surface area contributed by atoms with Gasteiger partial charge in [0.25, 0.3) is 11.1 Å². The van der Waals surface area contributed by atoms with E-state index in [-0.39, 0.29) is 25.4 Å². The van der Waals surface area contributed by atoms with Gasteiger partial charge in [0.1, 0.15) is 0 Å². The maximum absolute atomic E-state index is 11.9. The summed E-state index contributed by atoms with van der Waals surface area (Å²) >= 11 is 3.18. The predicted octanol–water partition coefficient (Wildman–Crippen LogP) is 2.16. The largest absolute Gasteiger partial charge is 0.392 e. The second-order valence-corrected chi connectivity index (χ2v) is 9.82. The minimum Gasteiger partial charge on any atom is -0.392 e. The topological polar surface area (TPSA) is 176 Å². The highest BCUT2D eigenvalue weighted by molar-refractivity contribution is 9.09. The van der Waals surface area contributed by atoms with Crippen molar-refractivity contribution in [1.29, 1.82) is 0 Å². The molecule has 14 nitrogen and oxygen atoms in total. The summed E-state index contributed by atoms with van der Waals surface area (Å²) < 4.78 is 29.0. The first-order chi connectivity index (χ1) is 20.6. The molecule has 0 aliphatic rings. The number of H-pyrrole nitrogens is 2. The fraction of sp³-hybridized carbons (Fsp3) is 0.714. The molecule has 0 aromatic carbocycles. The van der Waals surface area contributed by atoms with Crippen LogP contribution in [0.5, 0.6) is 0 Å². The Morgan fingerprint density at radius 3 is 1.53 bits per heavy atom. The summed E-state index contributed by atoms with van der Waals surface area (Å²) in [6, 6.07) is 2.51. The SMILES string of the molecule is CCC(CC)O[C@H](CO)n1ccc(=O)[nH]c1=O.CCC(CC)O[C@H](COCCOC)n1ccc(=O)[nH]c1=O.COCCBr. The number of nitrogens with zero attached hydrogens (tertiary/aromatic N) is 2. The van der Waals surface area contributed by atoms with Gasteiger partial charge in [0.05, 0.1) is 45.2 Å². The van der Waals surface area contributed by atoms with Crippen molar-refractivity contribution in [2.45, 2.75) is 78.0 Å². The Hall–Kier alpha value is -2.40. The van der Waals surface area contributed by atoms with E-state index in [9.17, 15) is 24.3 Å². The van der Waals surface area contributed by atoms with Crippen molar-refractivity contribution in [2.75, 3.05) is 52.6 Å². The van der Waals surface area contributed by atoms with Gasteiger partial charge in [-0.1, -0.05) is 43.6 Å². The summed E-state index contributed by atoms with van der Waals surface area (Å²) in [6.45, 7) is 9.57. The van der Waals surface area contributed by atoms with Crippen molar-refractivity contribution < 1.29 is 28.8 Å². The lowest BCUT2D eigenvalue weighted by Crippen LogP contribution is -2.36. The quantitative estimate of drug-likeness (QED) is 0.156. The number of methoxy groups -OCH3 is 2. The Morgan fingerprint density at radius 2 is 1.19 bits per heavy atom. The smallest absolute Gasteiger partial charge is 0.330 e. The molecule has 0 bridgehead atoms. The van der Waals surface area contributed by atoms with Crippen LogP contribution in [0.1, 0.15) is 65.8 Å². The summed E-state index contributed by atoms with van der Waals surface area (Å²) in [7, 11) is 3.27. The molecule has 0 radical (unpaired) electrons. The van der Waals surface area contributed by atoms with Crippen molar-refractivity contribution in [3.05, 3.63) is 66.2 Å². The first-order valence-corrected chi connectivity index (χ1v) is 15.4. The molecule has 0 amide bonds. The third-order valence-electron chi connectivity index (χ3n) is 5.97. The summed E-state index contributed by atoms with van der Waals surface area (Å²) in [5, 5.41) is 10.2. The van der Waals surface area contributed by atoms with Crippen molar-refractivity contribution in [3.8, 4) is 0 Å². The number of hydrogen-bond donors (Lipinski definition) is 3. The molecule has 15 heteroatoms. The van der Waals surface area contributed by atoms with E-state index in [4.69, 9.17) is 18.9 Å². The Labute approximate surface area is 260 Å². The zero-order valence-electron chi connectivity index (χ0n) is 26.1. The molecule has 0 aliphatic heterocycles. The minimum atomic E-state index is -0.760. The van der Waals surface area contributed by atoms with Gasteiger partial charge in [0.15, 0.2) is 12.5 Å². The van der Waals surface area contributed by atoms with E-state index in [1.807, 2.05) is 27.7 Å². The van der Waals surface area contributed by atoms with Gasteiger partial charge in [-0.25, -0.2) is 9.59 Å². The molecule has 0 unspecified atom stereocenters. The monoisotopic (exact) mass is 680 g/mol. The molecular weight excluding hydrogens is 632 g/mol. The molecule has 0 saturated carbocycles. The normalized spacial score (nSPS) is 12.3. The minimum absolute atomic E-state index is 0.0222. The molecule has 2 atom stereocenters. The Bertz CT molecular complexity index is 1190. The molecule has 0 saturated heterocycles. The number of halogens is 1. The Kier molecular flexibility index (Phi) is 23.6. The summed E-state index contributed by atoms with van der Waals surface area (Å²) in [4.78, 5) is 49.8. The molecule has 2 heterocycles. The first-order valence-electron chi connectivity index (χ1n) is 14.3. The molecular formula is C28H49BrN4O10. The maximum atomic E-state index is 11.9. The molecule has 0 aliphatic carbocycles. The standard InChI is InChI=1S/C14H24N2O5.C11H18N2O4.C3H7BrO/c1-4-11(5-2)21-13(10-20-9-8-19-3)16-7-6-12(17)15-14(16)18;1-3-8(4-2)17-10(7-14)13-6-5-9(15)12-11(13)16;1-5-3-2-4/h6-7,11,13H,4-5,8-10H2,1-3H3,(H,15,17,18);5-6,8,10,14H,3-4,7H2,1-2H3,(H,12,15,16);2-3H2,1H3/t13-;10-;/m11./s1. The summed E-state index contributed by atoms with van der Waals surface area (Å²) in [5.41, 5.74) is -1.99. The number of aliphatic hydroxyl groups is 1. The zero-order valence-corrected chi connectivity index (χ0v) is 27.7. The van der Waals surface area contributed by atoms with Gasteiger partial charge in [-0.3, -0.25) is 28.7 Å². The number of hydrogen-bond acceptors (Lipinski definition) is 10.